The predicted molar refractivity (Wildman–Crippen MR) is 52.9 cm³/mol. The molecule has 0 radical (unpaired) electrons. The summed E-state index contributed by atoms with van der Waals surface area (Å²) in [6.45, 7) is -0.167. The van der Waals surface area contributed by atoms with Gasteiger partial charge in [-0.05, 0) is 18.8 Å². The molecule has 88 valence electrons. The van der Waals surface area contributed by atoms with E-state index < -0.39 is 22.0 Å². The SMILES string of the molecule is COCC(NS(=O)(=O)CC1CC1)C(=O)O. The number of hydrogen-bond donors (Lipinski definition) is 2. The molecule has 0 aromatic rings. The Balaban J connectivity index is 2.51. The van der Waals surface area contributed by atoms with Crippen LogP contribution in [0.1, 0.15) is 12.8 Å². The topological polar surface area (TPSA) is 92.7 Å². The van der Waals surface area contributed by atoms with E-state index in [0.717, 1.165) is 12.8 Å². The Hall–Kier alpha value is -0.660. The fourth-order valence-electron chi connectivity index (χ4n) is 1.18. The highest BCUT2D eigenvalue weighted by Crippen LogP contribution is 2.29. The van der Waals surface area contributed by atoms with Gasteiger partial charge in [0.1, 0.15) is 6.04 Å². The Kier molecular flexibility index (Phi) is 4.06. The molecule has 1 aliphatic carbocycles. The highest BCUT2D eigenvalue weighted by atomic mass is 32.2. The summed E-state index contributed by atoms with van der Waals surface area (Å²) in [7, 11) is -2.17. The van der Waals surface area contributed by atoms with Gasteiger partial charge in [0.2, 0.25) is 10.0 Å². The van der Waals surface area contributed by atoms with Crippen LogP contribution >= 0.6 is 0 Å². The molecule has 1 fully saturated rings. The number of sulfonamides is 1. The van der Waals surface area contributed by atoms with Crippen molar-refractivity contribution >= 4 is 16.0 Å². The van der Waals surface area contributed by atoms with Gasteiger partial charge in [-0.3, -0.25) is 4.79 Å². The van der Waals surface area contributed by atoms with Gasteiger partial charge in [0, 0.05) is 7.11 Å². The van der Waals surface area contributed by atoms with E-state index >= 15 is 0 Å². The van der Waals surface area contributed by atoms with E-state index in [4.69, 9.17) is 5.11 Å². The van der Waals surface area contributed by atoms with Gasteiger partial charge in [0.05, 0.1) is 12.4 Å². The summed E-state index contributed by atoms with van der Waals surface area (Å²) in [6.07, 6.45) is 1.81. The zero-order valence-electron chi connectivity index (χ0n) is 8.47. The van der Waals surface area contributed by atoms with Crippen LogP contribution < -0.4 is 4.72 Å². The second kappa shape index (κ2) is 4.91. The van der Waals surface area contributed by atoms with E-state index in [-0.39, 0.29) is 18.3 Å². The molecule has 0 bridgehead atoms. The van der Waals surface area contributed by atoms with Crippen LogP contribution in [0.3, 0.4) is 0 Å². The maximum Gasteiger partial charge on any atom is 0.324 e. The lowest BCUT2D eigenvalue weighted by Gasteiger charge is -2.13. The van der Waals surface area contributed by atoms with Crippen molar-refractivity contribution in [2.45, 2.75) is 18.9 Å². The summed E-state index contributed by atoms with van der Waals surface area (Å²) in [5, 5.41) is 8.71. The van der Waals surface area contributed by atoms with Crippen LogP contribution in [0.2, 0.25) is 0 Å². The highest BCUT2D eigenvalue weighted by Gasteiger charge is 2.31. The first kappa shape index (κ1) is 12.4. The maximum atomic E-state index is 11.4. The van der Waals surface area contributed by atoms with Gasteiger partial charge in [0.25, 0.3) is 0 Å². The zero-order valence-corrected chi connectivity index (χ0v) is 9.29. The highest BCUT2D eigenvalue weighted by molar-refractivity contribution is 7.89. The number of rotatable bonds is 7. The minimum absolute atomic E-state index is 0.0144. The van der Waals surface area contributed by atoms with Crippen LogP contribution in [0.4, 0.5) is 0 Å². The first-order valence-corrected chi connectivity index (χ1v) is 6.31. The van der Waals surface area contributed by atoms with Crippen molar-refractivity contribution in [3.8, 4) is 0 Å². The van der Waals surface area contributed by atoms with Gasteiger partial charge in [-0.2, -0.15) is 4.72 Å². The summed E-state index contributed by atoms with van der Waals surface area (Å²) < 4.78 is 29.6. The third kappa shape index (κ3) is 4.59. The van der Waals surface area contributed by atoms with E-state index in [1.54, 1.807) is 0 Å². The summed E-state index contributed by atoms with van der Waals surface area (Å²) in [5.74, 6) is -1.02. The number of methoxy groups -OCH3 is 1. The van der Waals surface area contributed by atoms with E-state index in [2.05, 4.69) is 9.46 Å². The number of ether oxygens (including phenoxy) is 1. The van der Waals surface area contributed by atoms with Gasteiger partial charge < -0.3 is 9.84 Å². The van der Waals surface area contributed by atoms with Crippen LogP contribution in [0.15, 0.2) is 0 Å². The molecule has 0 aliphatic heterocycles. The van der Waals surface area contributed by atoms with Crippen molar-refractivity contribution < 1.29 is 23.1 Å². The standard InChI is InChI=1S/C8H15NO5S/c1-14-4-7(8(10)11)9-15(12,13)5-6-2-3-6/h6-7,9H,2-5H2,1H3,(H,10,11). The largest absolute Gasteiger partial charge is 0.480 e. The van der Waals surface area contributed by atoms with Crippen LogP contribution in [0, 0.1) is 5.92 Å². The zero-order chi connectivity index (χ0) is 11.5. The minimum Gasteiger partial charge on any atom is -0.480 e. The third-order valence-electron chi connectivity index (χ3n) is 2.11. The average Bonchev–Trinajstić information content (AvgIpc) is 2.86. The van der Waals surface area contributed by atoms with Crippen molar-refractivity contribution in [3.63, 3.8) is 0 Å². The Labute approximate surface area is 88.7 Å². The first-order valence-electron chi connectivity index (χ1n) is 4.66. The number of aliphatic carboxylic acids is 1. The van der Waals surface area contributed by atoms with Gasteiger partial charge in [-0.1, -0.05) is 0 Å². The average molecular weight is 237 g/mol. The molecule has 15 heavy (non-hydrogen) atoms. The molecular weight excluding hydrogens is 222 g/mol. The molecule has 0 aromatic heterocycles. The van der Waals surface area contributed by atoms with Crippen LogP contribution in [0.25, 0.3) is 0 Å². The summed E-state index contributed by atoms with van der Waals surface area (Å²) >= 11 is 0. The lowest BCUT2D eigenvalue weighted by molar-refractivity contribution is -0.140. The summed E-state index contributed by atoms with van der Waals surface area (Å²) in [5.41, 5.74) is 0. The monoisotopic (exact) mass is 237 g/mol. The second-order valence-electron chi connectivity index (χ2n) is 3.69. The van der Waals surface area contributed by atoms with Gasteiger partial charge in [-0.25, -0.2) is 8.42 Å². The molecule has 0 spiro atoms. The van der Waals surface area contributed by atoms with E-state index in [1.807, 2.05) is 0 Å². The number of hydrogen-bond acceptors (Lipinski definition) is 4. The smallest absolute Gasteiger partial charge is 0.324 e. The molecule has 1 saturated carbocycles. The molecule has 7 heteroatoms. The van der Waals surface area contributed by atoms with Crippen molar-refractivity contribution in [2.75, 3.05) is 19.5 Å². The van der Waals surface area contributed by atoms with Gasteiger partial charge in [-0.15, -0.1) is 0 Å². The number of nitrogens with one attached hydrogen (secondary N) is 1. The molecule has 0 saturated heterocycles. The molecule has 6 nitrogen and oxygen atoms in total. The molecule has 1 rings (SSSR count). The summed E-state index contributed by atoms with van der Waals surface area (Å²) in [6, 6.07) is -1.20. The predicted octanol–water partition coefficient (Wildman–Crippen LogP) is -0.585. The third-order valence-corrected chi connectivity index (χ3v) is 3.66. The van der Waals surface area contributed by atoms with Gasteiger partial charge >= 0.3 is 5.97 Å². The van der Waals surface area contributed by atoms with Crippen molar-refractivity contribution in [3.05, 3.63) is 0 Å². The van der Waals surface area contributed by atoms with Crippen LogP contribution in [-0.4, -0.2) is 45.0 Å². The Morgan fingerprint density at radius 2 is 2.20 bits per heavy atom. The van der Waals surface area contributed by atoms with Crippen LogP contribution in [-0.2, 0) is 19.6 Å². The molecular formula is C8H15NO5S. The van der Waals surface area contributed by atoms with E-state index in [1.165, 1.54) is 7.11 Å². The fraction of sp³-hybridized carbons (Fsp3) is 0.875. The van der Waals surface area contributed by atoms with Crippen molar-refractivity contribution in [2.24, 2.45) is 5.92 Å². The minimum atomic E-state index is -3.50. The summed E-state index contributed by atoms with van der Waals surface area (Å²) in [4.78, 5) is 10.7. The number of carboxylic acids is 1. The quantitative estimate of drug-likeness (QED) is 0.617. The molecule has 0 amide bonds. The lowest BCUT2D eigenvalue weighted by Crippen LogP contribution is -2.44. The second-order valence-corrected chi connectivity index (χ2v) is 5.49. The molecule has 1 atom stereocenters. The normalized spacial score (nSPS) is 18.7. The maximum absolute atomic E-state index is 11.4. The molecule has 2 N–H and O–H groups in total. The number of carboxylic acid groups (broad SMARTS) is 1. The van der Waals surface area contributed by atoms with Crippen LogP contribution in [0.5, 0.6) is 0 Å². The lowest BCUT2D eigenvalue weighted by atomic mass is 10.3. The fourth-order valence-corrected chi connectivity index (χ4v) is 2.83. The Bertz CT molecular complexity index is 322. The van der Waals surface area contributed by atoms with E-state index in [0.29, 0.717) is 0 Å². The van der Waals surface area contributed by atoms with Gasteiger partial charge in [0.15, 0.2) is 0 Å². The molecule has 1 unspecified atom stereocenters. The van der Waals surface area contributed by atoms with E-state index in [9.17, 15) is 13.2 Å². The van der Waals surface area contributed by atoms with Crippen molar-refractivity contribution in [1.29, 1.82) is 0 Å². The Morgan fingerprint density at radius 1 is 1.60 bits per heavy atom. The molecule has 1 aliphatic rings. The van der Waals surface area contributed by atoms with Crippen molar-refractivity contribution in [1.82, 2.24) is 4.72 Å². The Morgan fingerprint density at radius 3 is 2.60 bits per heavy atom. The molecule has 0 aromatic carbocycles. The first-order chi connectivity index (χ1) is 6.94. The number of carbonyl (C=O) groups is 1. The molecule has 0 heterocycles.